The lowest BCUT2D eigenvalue weighted by molar-refractivity contribution is -0.274. The minimum Gasteiger partial charge on any atom is -0.405 e. The zero-order valence-corrected chi connectivity index (χ0v) is 10.7. The maximum absolute atomic E-state index is 12.3. The largest absolute Gasteiger partial charge is 0.573 e. The van der Waals surface area contributed by atoms with Crippen LogP contribution in [0.5, 0.6) is 5.75 Å². The van der Waals surface area contributed by atoms with Crippen LogP contribution in [0.4, 0.5) is 18.9 Å². The molecule has 0 fully saturated rings. The minimum atomic E-state index is -4.69. The Balaban J connectivity index is 2.07. The number of alkyl halides is 3. The number of rotatable bonds is 4. The van der Waals surface area contributed by atoms with Gasteiger partial charge in [0.15, 0.2) is 0 Å². The van der Waals surface area contributed by atoms with E-state index in [9.17, 15) is 13.2 Å². The molecule has 0 bridgehead atoms. The lowest BCUT2D eigenvalue weighted by Gasteiger charge is -2.14. The van der Waals surface area contributed by atoms with Gasteiger partial charge in [0, 0.05) is 17.8 Å². The van der Waals surface area contributed by atoms with Crippen molar-refractivity contribution in [3.63, 3.8) is 0 Å². The van der Waals surface area contributed by atoms with Crippen LogP contribution in [0.15, 0.2) is 42.6 Å². The van der Waals surface area contributed by atoms with Crippen LogP contribution < -0.4 is 10.1 Å². The normalized spacial score (nSPS) is 11.2. The third-order valence-corrected chi connectivity index (χ3v) is 2.59. The molecule has 3 nitrogen and oxygen atoms in total. The fraction of sp³-hybridized carbons (Fsp3) is 0.214. The first-order valence-electron chi connectivity index (χ1n) is 5.94. The number of aryl methyl sites for hydroxylation is 1. The third-order valence-electron chi connectivity index (χ3n) is 2.59. The van der Waals surface area contributed by atoms with Crippen molar-refractivity contribution in [1.29, 1.82) is 0 Å². The maximum Gasteiger partial charge on any atom is 0.573 e. The van der Waals surface area contributed by atoms with Gasteiger partial charge in [0.1, 0.15) is 5.75 Å². The van der Waals surface area contributed by atoms with Gasteiger partial charge < -0.3 is 10.1 Å². The van der Waals surface area contributed by atoms with Crippen molar-refractivity contribution in [3.05, 3.63) is 53.9 Å². The highest BCUT2D eigenvalue weighted by atomic mass is 19.4. The molecular weight excluding hydrogens is 269 g/mol. The van der Waals surface area contributed by atoms with E-state index in [4.69, 9.17) is 0 Å². The van der Waals surface area contributed by atoms with Gasteiger partial charge >= 0.3 is 6.36 Å². The van der Waals surface area contributed by atoms with Crippen LogP contribution in [0, 0.1) is 6.92 Å². The summed E-state index contributed by atoms with van der Waals surface area (Å²) in [5.41, 5.74) is 2.03. The molecule has 20 heavy (non-hydrogen) atoms. The van der Waals surface area contributed by atoms with Crippen molar-refractivity contribution >= 4 is 5.69 Å². The quantitative estimate of drug-likeness (QED) is 0.923. The second kappa shape index (κ2) is 5.81. The van der Waals surface area contributed by atoms with Crippen molar-refractivity contribution < 1.29 is 17.9 Å². The van der Waals surface area contributed by atoms with Gasteiger partial charge in [-0.3, -0.25) is 4.98 Å². The molecule has 0 amide bonds. The molecule has 2 rings (SSSR count). The highest BCUT2D eigenvalue weighted by Gasteiger charge is 2.31. The van der Waals surface area contributed by atoms with E-state index in [2.05, 4.69) is 15.0 Å². The smallest absolute Gasteiger partial charge is 0.405 e. The van der Waals surface area contributed by atoms with E-state index < -0.39 is 6.36 Å². The Morgan fingerprint density at radius 1 is 1.15 bits per heavy atom. The van der Waals surface area contributed by atoms with Gasteiger partial charge in [-0.1, -0.05) is 18.2 Å². The van der Waals surface area contributed by atoms with Crippen molar-refractivity contribution in [2.24, 2.45) is 0 Å². The number of halogens is 3. The Hall–Kier alpha value is -2.24. The number of ether oxygens (including phenoxy) is 1. The molecule has 1 N–H and O–H groups in total. The lowest BCUT2D eigenvalue weighted by atomic mass is 10.2. The predicted octanol–water partition coefficient (Wildman–Crippen LogP) is 3.90. The van der Waals surface area contributed by atoms with Gasteiger partial charge in [-0.25, -0.2) is 0 Å². The van der Waals surface area contributed by atoms with Gasteiger partial charge in [0.25, 0.3) is 0 Å². The van der Waals surface area contributed by atoms with Crippen LogP contribution in [0.1, 0.15) is 11.3 Å². The number of aromatic nitrogens is 1. The number of anilines is 1. The average molecular weight is 282 g/mol. The number of nitrogens with zero attached hydrogens (tertiary/aromatic N) is 1. The van der Waals surface area contributed by atoms with Crippen molar-refractivity contribution in [2.75, 3.05) is 5.32 Å². The van der Waals surface area contributed by atoms with E-state index in [1.807, 2.05) is 19.1 Å². The molecule has 2 aromatic rings. The molecule has 1 aromatic heterocycles. The summed E-state index contributed by atoms with van der Waals surface area (Å²) in [6.07, 6.45) is -3.07. The number of hydrogen-bond acceptors (Lipinski definition) is 3. The lowest BCUT2D eigenvalue weighted by Crippen LogP contribution is -2.18. The topological polar surface area (TPSA) is 34.1 Å². The molecule has 106 valence electrons. The van der Waals surface area contributed by atoms with Crippen molar-refractivity contribution in [3.8, 4) is 5.75 Å². The van der Waals surface area contributed by atoms with Gasteiger partial charge in [0.2, 0.25) is 0 Å². The van der Waals surface area contributed by atoms with E-state index in [0.717, 1.165) is 11.4 Å². The summed E-state index contributed by atoms with van der Waals surface area (Å²) < 4.78 is 40.8. The summed E-state index contributed by atoms with van der Waals surface area (Å²) in [4.78, 5) is 4.10. The van der Waals surface area contributed by atoms with Crippen LogP contribution >= 0.6 is 0 Å². The molecule has 0 unspecified atom stereocenters. The SMILES string of the molecule is Cc1ccc(NCc2ccccc2OC(F)(F)F)cn1. The first-order valence-corrected chi connectivity index (χ1v) is 5.94. The summed E-state index contributed by atoms with van der Waals surface area (Å²) >= 11 is 0. The van der Waals surface area contributed by atoms with Gasteiger partial charge in [0.05, 0.1) is 11.9 Å². The zero-order valence-electron chi connectivity index (χ0n) is 10.7. The van der Waals surface area contributed by atoms with Crippen molar-refractivity contribution in [2.45, 2.75) is 19.8 Å². The molecule has 0 radical (unpaired) electrons. The average Bonchev–Trinajstić information content (AvgIpc) is 2.38. The predicted molar refractivity (Wildman–Crippen MR) is 69.4 cm³/mol. The molecule has 0 saturated carbocycles. The first kappa shape index (κ1) is 14.2. The zero-order chi connectivity index (χ0) is 14.6. The Bertz CT molecular complexity index is 567. The molecule has 0 aliphatic heterocycles. The Morgan fingerprint density at radius 2 is 1.90 bits per heavy atom. The fourth-order valence-corrected chi connectivity index (χ4v) is 1.64. The van der Waals surface area contributed by atoms with E-state index in [1.54, 1.807) is 18.3 Å². The molecule has 0 atom stereocenters. The molecule has 1 heterocycles. The fourth-order valence-electron chi connectivity index (χ4n) is 1.64. The highest BCUT2D eigenvalue weighted by Crippen LogP contribution is 2.26. The summed E-state index contributed by atoms with van der Waals surface area (Å²) in [5, 5.41) is 3.00. The molecule has 0 saturated heterocycles. The van der Waals surface area contributed by atoms with Crippen LogP contribution in [-0.2, 0) is 6.54 Å². The number of para-hydroxylation sites is 1. The minimum absolute atomic E-state index is 0.201. The van der Waals surface area contributed by atoms with E-state index in [-0.39, 0.29) is 12.3 Å². The van der Waals surface area contributed by atoms with Crippen LogP contribution in [0.2, 0.25) is 0 Å². The Kier molecular flexibility index (Phi) is 4.12. The molecule has 1 aromatic carbocycles. The molecule has 0 aliphatic carbocycles. The summed E-state index contributed by atoms with van der Waals surface area (Å²) in [5.74, 6) is -0.201. The Labute approximate surface area is 114 Å². The molecule has 6 heteroatoms. The van der Waals surface area contributed by atoms with Gasteiger partial charge in [-0.15, -0.1) is 13.2 Å². The Morgan fingerprint density at radius 3 is 2.55 bits per heavy atom. The van der Waals surface area contributed by atoms with Crippen molar-refractivity contribution in [1.82, 2.24) is 4.98 Å². The van der Waals surface area contributed by atoms with E-state index in [0.29, 0.717) is 5.56 Å². The molecular formula is C14H13F3N2O. The van der Waals surface area contributed by atoms with Crippen LogP contribution in [-0.4, -0.2) is 11.3 Å². The summed E-state index contributed by atoms with van der Waals surface area (Å²) in [6.45, 7) is 2.08. The summed E-state index contributed by atoms with van der Waals surface area (Å²) in [6, 6.07) is 9.66. The van der Waals surface area contributed by atoms with Crippen LogP contribution in [0.3, 0.4) is 0 Å². The van der Waals surface area contributed by atoms with Gasteiger partial charge in [-0.2, -0.15) is 0 Å². The van der Waals surface area contributed by atoms with E-state index in [1.165, 1.54) is 12.1 Å². The number of pyridine rings is 1. The molecule has 0 aliphatic rings. The maximum atomic E-state index is 12.3. The van der Waals surface area contributed by atoms with Gasteiger partial charge in [-0.05, 0) is 25.1 Å². The molecule has 0 spiro atoms. The number of hydrogen-bond donors (Lipinski definition) is 1. The second-order valence-corrected chi connectivity index (χ2v) is 4.20. The third kappa shape index (κ3) is 4.15. The highest BCUT2D eigenvalue weighted by molar-refractivity contribution is 5.43. The van der Waals surface area contributed by atoms with Crippen LogP contribution in [0.25, 0.3) is 0 Å². The summed E-state index contributed by atoms with van der Waals surface area (Å²) in [7, 11) is 0. The number of nitrogens with one attached hydrogen (secondary N) is 1. The standard InChI is InChI=1S/C14H13F3N2O/c1-10-6-7-12(9-18-10)19-8-11-4-2-3-5-13(11)20-14(15,16)17/h2-7,9,19H,8H2,1H3. The monoisotopic (exact) mass is 282 g/mol. The number of benzene rings is 1. The van der Waals surface area contributed by atoms with E-state index >= 15 is 0 Å². The first-order chi connectivity index (χ1) is 9.44. The second-order valence-electron chi connectivity index (χ2n) is 4.20.